The van der Waals surface area contributed by atoms with E-state index >= 15 is 0 Å². The van der Waals surface area contributed by atoms with Crippen LogP contribution >= 0.6 is 0 Å². The summed E-state index contributed by atoms with van der Waals surface area (Å²) in [6, 6.07) is 12.5. The van der Waals surface area contributed by atoms with E-state index in [4.69, 9.17) is 4.74 Å². The summed E-state index contributed by atoms with van der Waals surface area (Å²) in [5, 5.41) is 3.01. The Morgan fingerprint density at radius 1 is 1.06 bits per heavy atom. The second-order valence-electron chi connectivity index (χ2n) is 9.94. The summed E-state index contributed by atoms with van der Waals surface area (Å²) in [6.07, 6.45) is 1.04. The molecule has 2 saturated heterocycles. The Kier molecular flexibility index (Phi) is 6.25. The molecular weight excluding hydrogens is 416 g/mol. The number of nitrogens with zero attached hydrogens (tertiary/aromatic N) is 3. The fourth-order valence-electron chi connectivity index (χ4n) is 5.58. The highest BCUT2D eigenvalue weighted by atomic mass is 16.5. The van der Waals surface area contributed by atoms with Crippen molar-refractivity contribution in [3.8, 4) is 11.1 Å². The number of benzene rings is 1. The van der Waals surface area contributed by atoms with Crippen molar-refractivity contribution < 1.29 is 9.53 Å². The summed E-state index contributed by atoms with van der Waals surface area (Å²) >= 11 is 0. The molecule has 2 fully saturated rings. The first-order valence-electron chi connectivity index (χ1n) is 12.2. The number of carbonyl (C=O) groups is 1. The molecule has 1 aromatic heterocycles. The first-order chi connectivity index (χ1) is 16.0. The number of carbonyl (C=O) groups excluding carboxylic acids is 1. The largest absolute Gasteiger partial charge is 0.379 e. The third-order valence-electron chi connectivity index (χ3n) is 7.11. The first-order valence-corrected chi connectivity index (χ1v) is 12.2. The molecule has 2 amide bonds. The maximum Gasteiger partial charge on any atom is 0.317 e. The number of likely N-dealkylation sites (tertiary alicyclic amines) is 1. The molecule has 33 heavy (non-hydrogen) atoms. The van der Waals surface area contributed by atoms with Crippen LogP contribution in [0.2, 0.25) is 0 Å². The van der Waals surface area contributed by atoms with Crippen LogP contribution < -0.4 is 10.9 Å². The van der Waals surface area contributed by atoms with E-state index in [-0.39, 0.29) is 23.6 Å². The molecule has 0 saturated carbocycles. The maximum atomic E-state index is 13.7. The van der Waals surface area contributed by atoms with Gasteiger partial charge in [-0.3, -0.25) is 9.69 Å². The van der Waals surface area contributed by atoms with Gasteiger partial charge in [-0.1, -0.05) is 24.3 Å². The number of amides is 2. The van der Waals surface area contributed by atoms with Crippen LogP contribution in [0.5, 0.6) is 0 Å². The van der Waals surface area contributed by atoms with E-state index in [1.807, 2.05) is 35.4 Å². The smallest absolute Gasteiger partial charge is 0.317 e. The van der Waals surface area contributed by atoms with Crippen molar-refractivity contribution in [1.29, 1.82) is 0 Å². The van der Waals surface area contributed by atoms with E-state index in [1.165, 1.54) is 5.56 Å². The molecular formula is C26H34N4O3. The van der Waals surface area contributed by atoms with E-state index in [2.05, 4.69) is 34.5 Å². The average molecular weight is 451 g/mol. The van der Waals surface area contributed by atoms with Crippen molar-refractivity contribution in [2.45, 2.75) is 45.3 Å². The fraction of sp³-hybridized carbons (Fsp3) is 0.538. The van der Waals surface area contributed by atoms with Crippen molar-refractivity contribution in [3.05, 3.63) is 58.0 Å². The molecule has 2 bridgehead atoms. The molecule has 2 unspecified atom stereocenters. The topological polar surface area (TPSA) is 66.8 Å². The molecule has 7 nitrogen and oxygen atoms in total. The minimum atomic E-state index is 0.00385. The van der Waals surface area contributed by atoms with E-state index in [0.29, 0.717) is 25.6 Å². The zero-order valence-electron chi connectivity index (χ0n) is 19.6. The molecule has 0 radical (unpaired) electrons. The van der Waals surface area contributed by atoms with Gasteiger partial charge in [0.05, 0.1) is 13.2 Å². The van der Waals surface area contributed by atoms with Gasteiger partial charge >= 0.3 is 6.03 Å². The number of hydrogen-bond donors (Lipinski definition) is 1. The van der Waals surface area contributed by atoms with Crippen LogP contribution in [0.3, 0.4) is 0 Å². The van der Waals surface area contributed by atoms with Crippen molar-refractivity contribution in [2.24, 2.45) is 5.92 Å². The number of piperidine rings is 1. The second kappa shape index (κ2) is 9.31. The van der Waals surface area contributed by atoms with Gasteiger partial charge in [-0.15, -0.1) is 0 Å². The number of aromatic nitrogens is 1. The number of fused-ring (bicyclic) bond motifs is 4. The van der Waals surface area contributed by atoms with Crippen LogP contribution in [-0.4, -0.2) is 65.8 Å². The monoisotopic (exact) mass is 450 g/mol. The van der Waals surface area contributed by atoms with Crippen LogP contribution in [0, 0.1) is 5.92 Å². The number of nitrogens with one attached hydrogen (secondary N) is 1. The van der Waals surface area contributed by atoms with E-state index < -0.39 is 0 Å². The van der Waals surface area contributed by atoms with Gasteiger partial charge in [0.15, 0.2) is 0 Å². The lowest BCUT2D eigenvalue weighted by molar-refractivity contribution is 0.0342. The van der Waals surface area contributed by atoms with Crippen LogP contribution in [-0.2, 0) is 17.8 Å². The summed E-state index contributed by atoms with van der Waals surface area (Å²) < 4.78 is 7.47. The SMILES string of the molecule is CC(C)NC(=O)N1CC2CC(C1)c1ccc(-c3ccccc3CN3CCOCC3)c(=O)n1C2. The molecule has 4 heterocycles. The molecule has 7 heteroatoms. The van der Waals surface area contributed by atoms with Crippen molar-refractivity contribution >= 4 is 6.03 Å². The molecule has 0 spiro atoms. The van der Waals surface area contributed by atoms with Crippen LogP contribution in [0.15, 0.2) is 41.2 Å². The minimum Gasteiger partial charge on any atom is -0.379 e. The Bertz CT molecular complexity index is 1070. The summed E-state index contributed by atoms with van der Waals surface area (Å²) in [5.41, 5.74) is 4.14. The molecule has 1 aromatic carbocycles. The van der Waals surface area contributed by atoms with Gasteiger partial charge in [-0.05, 0) is 49.4 Å². The molecule has 0 aliphatic carbocycles. The van der Waals surface area contributed by atoms with Gasteiger partial charge < -0.3 is 19.5 Å². The van der Waals surface area contributed by atoms with Crippen LogP contribution in [0.4, 0.5) is 4.79 Å². The molecule has 176 valence electrons. The number of ether oxygens (including phenoxy) is 1. The van der Waals surface area contributed by atoms with Gasteiger partial charge in [0, 0.05) is 62.5 Å². The zero-order valence-corrected chi connectivity index (χ0v) is 19.6. The van der Waals surface area contributed by atoms with E-state index in [0.717, 1.165) is 56.1 Å². The third-order valence-corrected chi connectivity index (χ3v) is 7.11. The summed E-state index contributed by atoms with van der Waals surface area (Å²) in [7, 11) is 0. The van der Waals surface area contributed by atoms with Crippen molar-refractivity contribution in [1.82, 2.24) is 19.7 Å². The van der Waals surface area contributed by atoms with Crippen LogP contribution in [0.1, 0.15) is 37.4 Å². The number of pyridine rings is 1. The lowest BCUT2D eigenvalue weighted by atomic mass is 9.83. The fourth-order valence-corrected chi connectivity index (χ4v) is 5.58. The Hall–Kier alpha value is -2.64. The predicted molar refractivity (Wildman–Crippen MR) is 128 cm³/mol. The van der Waals surface area contributed by atoms with Crippen molar-refractivity contribution in [3.63, 3.8) is 0 Å². The van der Waals surface area contributed by atoms with E-state index in [9.17, 15) is 9.59 Å². The minimum absolute atomic E-state index is 0.00385. The number of hydrogen-bond acceptors (Lipinski definition) is 4. The summed E-state index contributed by atoms with van der Waals surface area (Å²) in [4.78, 5) is 30.6. The molecule has 5 rings (SSSR count). The standard InChI is InChI=1S/C26H34N4O3/c1-18(2)27-26(32)29-14-19-13-21(17-29)24-8-7-23(25(31)30(24)15-19)22-6-4-3-5-20(22)16-28-9-11-33-12-10-28/h3-8,18-19,21H,9-17H2,1-2H3,(H,27,32). The third kappa shape index (κ3) is 4.57. The predicted octanol–water partition coefficient (Wildman–Crippen LogP) is 2.88. The zero-order chi connectivity index (χ0) is 22.9. The number of rotatable bonds is 4. The van der Waals surface area contributed by atoms with Gasteiger partial charge in [0.2, 0.25) is 0 Å². The number of urea groups is 1. The first kappa shape index (κ1) is 22.2. The highest BCUT2D eigenvalue weighted by Gasteiger charge is 2.37. The van der Waals surface area contributed by atoms with Gasteiger partial charge in [-0.25, -0.2) is 4.79 Å². The normalized spacial score (nSPS) is 22.8. The summed E-state index contributed by atoms with van der Waals surface area (Å²) in [5.74, 6) is 0.520. The highest BCUT2D eigenvalue weighted by Crippen LogP contribution is 2.36. The molecule has 2 aromatic rings. The highest BCUT2D eigenvalue weighted by molar-refractivity contribution is 5.74. The lowest BCUT2D eigenvalue weighted by Gasteiger charge is -2.43. The van der Waals surface area contributed by atoms with Gasteiger partial charge in [-0.2, -0.15) is 0 Å². The average Bonchev–Trinajstić information content (AvgIpc) is 2.80. The quantitative estimate of drug-likeness (QED) is 0.778. The van der Waals surface area contributed by atoms with E-state index in [1.54, 1.807) is 0 Å². The van der Waals surface area contributed by atoms with Gasteiger partial charge in [0.1, 0.15) is 0 Å². The lowest BCUT2D eigenvalue weighted by Crippen LogP contribution is -2.53. The van der Waals surface area contributed by atoms with Crippen molar-refractivity contribution in [2.75, 3.05) is 39.4 Å². The molecule has 3 aliphatic heterocycles. The maximum absolute atomic E-state index is 13.7. The Morgan fingerprint density at radius 2 is 1.85 bits per heavy atom. The van der Waals surface area contributed by atoms with Gasteiger partial charge in [0.25, 0.3) is 5.56 Å². The number of morpholine rings is 1. The Labute approximate surface area is 195 Å². The Balaban J connectivity index is 1.43. The Morgan fingerprint density at radius 3 is 2.64 bits per heavy atom. The summed E-state index contributed by atoms with van der Waals surface area (Å²) in [6.45, 7) is 10.2. The van der Waals surface area contributed by atoms with Crippen LogP contribution in [0.25, 0.3) is 11.1 Å². The molecule has 3 aliphatic rings. The molecule has 1 N–H and O–H groups in total. The molecule has 2 atom stereocenters. The second-order valence-corrected chi connectivity index (χ2v) is 9.94.